The molecule has 7 heteroatoms. The molecule has 1 aromatic carbocycles. The van der Waals surface area contributed by atoms with Gasteiger partial charge in [0.05, 0.1) is 4.90 Å². The summed E-state index contributed by atoms with van der Waals surface area (Å²) in [5.41, 5.74) is 1.39. The van der Waals surface area contributed by atoms with Crippen LogP contribution in [-0.4, -0.2) is 24.7 Å². The van der Waals surface area contributed by atoms with E-state index in [9.17, 15) is 8.42 Å². The van der Waals surface area contributed by atoms with Crippen molar-refractivity contribution < 1.29 is 8.42 Å². The van der Waals surface area contributed by atoms with E-state index in [-0.39, 0.29) is 4.90 Å². The predicted molar refractivity (Wildman–Crippen MR) is 83.0 cm³/mol. The van der Waals surface area contributed by atoms with Gasteiger partial charge in [-0.1, -0.05) is 11.6 Å². The fraction of sp³-hybridized carbons (Fsp3) is 0.357. The lowest BCUT2D eigenvalue weighted by Gasteiger charge is -2.11. The highest BCUT2D eigenvalue weighted by atomic mass is 35.5. The van der Waals surface area contributed by atoms with E-state index >= 15 is 0 Å². The van der Waals surface area contributed by atoms with Gasteiger partial charge >= 0.3 is 0 Å². The zero-order valence-corrected chi connectivity index (χ0v) is 13.6. The molecular weight excluding hydrogens is 310 g/mol. The van der Waals surface area contributed by atoms with Crippen LogP contribution >= 0.6 is 11.6 Å². The summed E-state index contributed by atoms with van der Waals surface area (Å²) in [6.07, 6.45) is 4.22. The van der Waals surface area contributed by atoms with Gasteiger partial charge in [-0.15, -0.1) is 0 Å². The van der Waals surface area contributed by atoms with Gasteiger partial charge in [0.25, 0.3) is 0 Å². The molecule has 0 saturated heterocycles. The van der Waals surface area contributed by atoms with Crippen molar-refractivity contribution in [3.8, 4) is 0 Å². The molecule has 1 N–H and O–H groups in total. The molecule has 0 aliphatic heterocycles. The van der Waals surface area contributed by atoms with Gasteiger partial charge in [-0.05, 0) is 49.6 Å². The summed E-state index contributed by atoms with van der Waals surface area (Å²) in [5, 5.41) is 4.64. The van der Waals surface area contributed by atoms with Crippen LogP contribution in [0.3, 0.4) is 0 Å². The van der Waals surface area contributed by atoms with Crippen molar-refractivity contribution in [3.63, 3.8) is 0 Å². The predicted octanol–water partition coefficient (Wildman–Crippen LogP) is 2.52. The van der Waals surface area contributed by atoms with E-state index in [0.29, 0.717) is 30.1 Å². The smallest absolute Gasteiger partial charge is 0.240 e. The topological polar surface area (TPSA) is 64.0 Å². The zero-order valence-electron chi connectivity index (χ0n) is 12.0. The number of aromatic nitrogens is 2. The Balaban J connectivity index is 2.00. The molecule has 0 saturated carbocycles. The van der Waals surface area contributed by atoms with E-state index < -0.39 is 10.0 Å². The molecule has 0 bridgehead atoms. The van der Waals surface area contributed by atoms with E-state index in [4.69, 9.17) is 11.6 Å². The first kappa shape index (κ1) is 16.0. The number of hydrogen-bond acceptors (Lipinski definition) is 3. The van der Waals surface area contributed by atoms with Crippen LogP contribution in [0.25, 0.3) is 0 Å². The molecular formula is C14H18ClN3O2S. The van der Waals surface area contributed by atoms with E-state index in [1.165, 1.54) is 0 Å². The zero-order chi connectivity index (χ0) is 15.5. The first-order valence-corrected chi connectivity index (χ1v) is 8.50. The summed E-state index contributed by atoms with van der Waals surface area (Å²) in [4.78, 5) is 0.281. The normalized spacial score (nSPS) is 11.8. The van der Waals surface area contributed by atoms with E-state index in [0.717, 1.165) is 5.56 Å². The van der Waals surface area contributed by atoms with Crippen LogP contribution in [0.2, 0.25) is 5.02 Å². The second-order valence-electron chi connectivity index (χ2n) is 4.89. The van der Waals surface area contributed by atoms with Crippen molar-refractivity contribution in [2.45, 2.75) is 31.7 Å². The van der Waals surface area contributed by atoms with Gasteiger partial charge in [0.1, 0.15) is 0 Å². The maximum absolute atomic E-state index is 12.3. The molecule has 0 amide bonds. The number of benzene rings is 1. The number of nitrogens with one attached hydrogen (secondary N) is 1. The van der Waals surface area contributed by atoms with Crippen molar-refractivity contribution in [1.29, 1.82) is 0 Å². The molecule has 0 fully saturated rings. The van der Waals surface area contributed by atoms with Gasteiger partial charge in [0, 0.05) is 30.5 Å². The van der Waals surface area contributed by atoms with Crippen LogP contribution in [0.4, 0.5) is 0 Å². The SMILES string of the molecule is Cc1cc(S(=O)(=O)NCCCn2cccn2)c(C)cc1Cl. The van der Waals surface area contributed by atoms with Crippen molar-refractivity contribution in [2.24, 2.45) is 0 Å². The Morgan fingerprint density at radius 2 is 2.05 bits per heavy atom. The monoisotopic (exact) mass is 327 g/mol. The summed E-state index contributed by atoms with van der Waals surface area (Å²) in [7, 11) is -3.51. The minimum absolute atomic E-state index is 0.281. The van der Waals surface area contributed by atoms with E-state index in [1.54, 1.807) is 36.9 Å². The molecule has 0 aliphatic rings. The molecule has 21 heavy (non-hydrogen) atoms. The Morgan fingerprint density at radius 1 is 1.29 bits per heavy atom. The lowest BCUT2D eigenvalue weighted by molar-refractivity contribution is 0.552. The lowest BCUT2D eigenvalue weighted by Crippen LogP contribution is -2.26. The molecule has 1 heterocycles. The number of nitrogens with zero attached hydrogens (tertiary/aromatic N) is 2. The number of halogens is 1. The second kappa shape index (κ2) is 6.60. The standard InChI is InChI=1S/C14H18ClN3O2S/c1-11-10-14(12(2)9-13(11)15)21(19,20)17-6-4-8-18-7-3-5-16-18/h3,5,7,9-10,17H,4,6,8H2,1-2H3. The minimum atomic E-state index is -3.51. The summed E-state index contributed by atoms with van der Waals surface area (Å²) in [6, 6.07) is 5.12. The van der Waals surface area contributed by atoms with Crippen molar-refractivity contribution >= 4 is 21.6 Å². The molecule has 0 spiro atoms. The van der Waals surface area contributed by atoms with Gasteiger partial charge in [0.2, 0.25) is 10.0 Å². The van der Waals surface area contributed by atoms with Crippen LogP contribution in [0.1, 0.15) is 17.5 Å². The van der Waals surface area contributed by atoms with Crippen molar-refractivity contribution in [1.82, 2.24) is 14.5 Å². The second-order valence-corrected chi connectivity index (χ2v) is 7.03. The highest BCUT2D eigenvalue weighted by Crippen LogP contribution is 2.23. The first-order chi connectivity index (χ1) is 9.90. The third-order valence-corrected chi connectivity index (χ3v) is 5.17. The highest BCUT2D eigenvalue weighted by Gasteiger charge is 2.17. The Hall–Kier alpha value is -1.37. The van der Waals surface area contributed by atoms with Crippen molar-refractivity contribution in [3.05, 3.63) is 46.7 Å². The Bertz CT molecular complexity index is 712. The fourth-order valence-electron chi connectivity index (χ4n) is 2.00. The van der Waals surface area contributed by atoms with Crippen LogP contribution in [0, 0.1) is 13.8 Å². The Morgan fingerprint density at radius 3 is 2.71 bits per heavy atom. The molecule has 5 nitrogen and oxygen atoms in total. The average Bonchev–Trinajstić information content (AvgIpc) is 2.92. The number of rotatable bonds is 6. The molecule has 1 aromatic heterocycles. The number of aryl methyl sites for hydroxylation is 3. The molecule has 114 valence electrons. The largest absolute Gasteiger partial charge is 0.273 e. The molecule has 2 rings (SSSR count). The summed E-state index contributed by atoms with van der Waals surface area (Å²) < 4.78 is 29.0. The van der Waals surface area contributed by atoms with Gasteiger partial charge < -0.3 is 0 Å². The van der Waals surface area contributed by atoms with E-state index in [2.05, 4.69) is 9.82 Å². The molecule has 0 unspecified atom stereocenters. The molecule has 0 radical (unpaired) electrons. The minimum Gasteiger partial charge on any atom is -0.273 e. The van der Waals surface area contributed by atoms with Crippen LogP contribution in [0.15, 0.2) is 35.5 Å². The summed E-state index contributed by atoms with van der Waals surface area (Å²) in [6.45, 7) is 4.57. The van der Waals surface area contributed by atoms with Crippen molar-refractivity contribution in [2.75, 3.05) is 6.54 Å². The number of sulfonamides is 1. The third kappa shape index (κ3) is 4.06. The maximum Gasteiger partial charge on any atom is 0.240 e. The maximum atomic E-state index is 12.3. The summed E-state index contributed by atoms with van der Waals surface area (Å²) in [5.74, 6) is 0. The number of hydrogen-bond donors (Lipinski definition) is 1. The molecule has 2 aromatic rings. The Labute approximate surface area is 130 Å². The molecule has 0 atom stereocenters. The van der Waals surface area contributed by atoms with E-state index in [1.807, 2.05) is 12.3 Å². The lowest BCUT2D eigenvalue weighted by atomic mass is 10.2. The quantitative estimate of drug-likeness (QED) is 0.829. The van der Waals surface area contributed by atoms with Gasteiger partial charge in [-0.3, -0.25) is 4.68 Å². The van der Waals surface area contributed by atoms with Gasteiger partial charge in [-0.2, -0.15) is 5.10 Å². The first-order valence-electron chi connectivity index (χ1n) is 6.64. The highest BCUT2D eigenvalue weighted by molar-refractivity contribution is 7.89. The van der Waals surface area contributed by atoms with Crippen LogP contribution < -0.4 is 4.72 Å². The average molecular weight is 328 g/mol. The van der Waals surface area contributed by atoms with Gasteiger partial charge in [0.15, 0.2) is 0 Å². The summed E-state index contributed by atoms with van der Waals surface area (Å²) >= 11 is 5.99. The van der Waals surface area contributed by atoms with Gasteiger partial charge in [-0.25, -0.2) is 13.1 Å². The van der Waals surface area contributed by atoms with Crippen LogP contribution in [-0.2, 0) is 16.6 Å². The fourth-order valence-corrected chi connectivity index (χ4v) is 3.60. The Kier molecular flexibility index (Phi) is 5.03. The van der Waals surface area contributed by atoms with Crippen LogP contribution in [0.5, 0.6) is 0 Å². The third-order valence-electron chi connectivity index (χ3n) is 3.16. The molecule has 0 aliphatic carbocycles.